The summed E-state index contributed by atoms with van der Waals surface area (Å²) in [5.74, 6) is -1.12. The fraction of sp³-hybridized carbons (Fsp3) is 0.577. The van der Waals surface area contributed by atoms with Gasteiger partial charge < -0.3 is 25.6 Å². The third-order valence-electron chi connectivity index (χ3n) is 6.32. The molecule has 1 fully saturated rings. The summed E-state index contributed by atoms with van der Waals surface area (Å²) in [5, 5.41) is 21.5. The minimum Gasteiger partial charge on any atom is -0.444 e. The zero-order valence-electron chi connectivity index (χ0n) is 23.5. The molecule has 1 aromatic heterocycles. The van der Waals surface area contributed by atoms with Crippen LogP contribution in [0.15, 0.2) is 35.2 Å². The van der Waals surface area contributed by atoms with Crippen LogP contribution in [0.3, 0.4) is 0 Å². The smallest absolute Gasteiger partial charge is 0.408 e. The molecule has 218 valence electrons. The lowest BCUT2D eigenvalue weighted by molar-refractivity contribution is -0.139. The SMILES string of the molecule is CC[C@H](C)[C@H](NC(=O)OC(C)(C)C)C(=O)NCC(=O)N1C[C@@H](Sc2ccccc2)C[C@H]1C(=O)NCc1nn[nH]n1. The average molecular weight is 575 g/mol. The first-order valence-electron chi connectivity index (χ1n) is 13.2. The molecule has 0 saturated carbocycles. The van der Waals surface area contributed by atoms with Crippen LogP contribution in [0.4, 0.5) is 4.79 Å². The number of hydrogen-bond donors (Lipinski definition) is 4. The molecule has 2 aromatic rings. The zero-order chi connectivity index (χ0) is 29.3. The molecule has 4 amide bonds. The maximum Gasteiger partial charge on any atom is 0.408 e. The van der Waals surface area contributed by atoms with E-state index in [0.29, 0.717) is 25.2 Å². The van der Waals surface area contributed by atoms with E-state index in [0.717, 1.165) is 4.90 Å². The minimum absolute atomic E-state index is 0.0235. The number of aromatic nitrogens is 4. The molecule has 40 heavy (non-hydrogen) atoms. The predicted octanol–water partition coefficient (Wildman–Crippen LogP) is 1.63. The zero-order valence-corrected chi connectivity index (χ0v) is 24.3. The molecular weight excluding hydrogens is 536 g/mol. The van der Waals surface area contributed by atoms with Crippen molar-refractivity contribution in [2.45, 2.75) is 81.8 Å². The third kappa shape index (κ3) is 9.21. The molecule has 3 rings (SSSR count). The summed E-state index contributed by atoms with van der Waals surface area (Å²) < 4.78 is 5.30. The Morgan fingerprint density at radius 1 is 1.18 bits per heavy atom. The van der Waals surface area contributed by atoms with Gasteiger partial charge in [-0.2, -0.15) is 5.21 Å². The molecule has 2 heterocycles. The quantitative estimate of drug-likeness (QED) is 0.311. The summed E-state index contributed by atoms with van der Waals surface area (Å²) in [6.07, 6.45) is 0.347. The molecule has 0 aliphatic carbocycles. The summed E-state index contributed by atoms with van der Waals surface area (Å²) in [7, 11) is 0. The predicted molar refractivity (Wildman–Crippen MR) is 148 cm³/mol. The van der Waals surface area contributed by atoms with Crippen molar-refractivity contribution in [3.8, 4) is 0 Å². The third-order valence-corrected chi connectivity index (χ3v) is 7.54. The normalized spacial score (nSPS) is 18.5. The highest BCUT2D eigenvalue weighted by atomic mass is 32.2. The molecule has 0 radical (unpaired) electrons. The van der Waals surface area contributed by atoms with Crippen LogP contribution in [0, 0.1) is 5.92 Å². The van der Waals surface area contributed by atoms with Gasteiger partial charge in [-0.05, 0) is 45.2 Å². The summed E-state index contributed by atoms with van der Waals surface area (Å²) in [5.41, 5.74) is -0.722. The Morgan fingerprint density at radius 3 is 2.52 bits per heavy atom. The number of tetrazole rings is 1. The number of ether oxygens (including phenoxy) is 1. The Hall–Kier alpha value is -3.68. The van der Waals surface area contributed by atoms with Gasteiger partial charge in [0, 0.05) is 16.7 Å². The molecule has 0 spiro atoms. The maximum absolute atomic E-state index is 13.3. The van der Waals surface area contributed by atoms with E-state index in [2.05, 4.69) is 36.6 Å². The Labute approximate surface area is 237 Å². The van der Waals surface area contributed by atoms with E-state index in [-0.39, 0.29) is 30.2 Å². The largest absolute Gasteiger partial charge is 0.444 e. The van der Waals surface area contributed by atoms with Gasteiger partial charge in [-0.25, -0.2) is 4.79 Å². The highest BCUT2D eigenvalue weighted by Gasteiger charge is 2.40. The monoisotopic (exact) mass is 574 g/mol. The number of rotatable bonds is 11. The topological polar surface area (TPSA) is 171 Å². The van der Waals surface area contributed by atoms with E-state index < -0.39 is 35.6 Å². The molecule has 4 N–H and O–H groups in total. The van der Waals surface area contributed by atoms with Crippen LogP contribution in [-0.4, -0.2) is 85.4 Å². The molecule has 1 saturated heterocycles. The lowest BCUT2D eigenvalue weighted by atomic mass is 9.98. The molecular formula is C26H38N8O5S. The second-order valence-corrected chi connectivity index (χ2v) is 12.0. The number of H-pyrrole nitrogens is 1. The number of nitrogens with zero attached hydrogens (tertiary/aromatic N) is 4. The first kappa shape index (κ1) is 30.9. The van der Waals surface area contributed by atoms with Crippen molar-refractivity contribution in [1.82, 2.24) is 41.5 Å². The first-order valence-corrected chi connectivity index (χ1v) is 14.1. The van der Waals surface area contributed by atoms with Crippen LogP contribution in [0.5, 0.6) is 0 Å². The van der Waals surface area contributed by atoms with Crippen molar-refractivity contribution in [3.63, 3.8) is 0 Å². The number of hydrogen-bond acceptors (Lipinski definition) is 9. The van der Waals surface area contributed by atoms with Crippen molar-refractivity contribution >= 4 is 35.6 Å². The van der Waals surface area contributed by atoms with E-state index in [4.69, 9.17) is 4.74 Å². The molecule has 14 heteroatoms. The summed E-state index contributed by atoms with van der Waals surface area (Å²) in [4.78, 5) is 54.4. The number of carbonyl (C=O) groups excluding carboxylic acids is 4. The van der Waals surface area contributed by atoms with Crippen LogP contribution in [0.1, 0.15) is 53.3 Å². The molecule has 0 bridgehead atoms. The number of aromatic amines is 1. The van der Waals surface area contributed by atoms with E-state index >= 15 is 0 Å². The number of alkyl carbamates (subject to hydrolysis) is 1. The molecule has 1 aromatic carbocycles. The number of thioether (sulfide) groups is 1. The van der Waals surface area contributed by atoms with Gasteiger partial charge in [0.1, 0.15) is 17.7 Å². The number of amides is 4. The van der Waals surface area contributed by atoms with Gasteiger partial charge in [0.15, 0.2) is 5.82 Å². The van der Waals surface area contributed by atoms with Crippen molar-refractivity contribution in [1.29, 1.82) is 0 Å². The minimum atomic E-state index is -0.887. The highest BCUT2D eigenvalue weighted by Crippen LogP contribution is 2.33. The second-order valence-electron chi connectivity index (χ2n) is 10.6. The van der Waals surface area contributed by atoms with Gasteiger partial charge in [-0.3, -0.25) is 14.4 Å². The van der Waals surface area contributed by atoms with Crippen molar-refractivity contribution in [2.24, 2.45) is 5.92 Å². The summed E-state index contributed by atoms with van der Waals surface area (Å²) >= 11 is 1.59. The first-order chi connectivity index (χ1) is 19.0. The van der Waals surface area contributed by atoms with Crippen LogP contribution in [-0.2, 0) is 25.7 Å². The Kier molecular flexibility index (Phi) is 10.9. The van der Waals surface area contributed by atoms with Crippen molar-refractivity contribution < 1.29 is 23.9 Å². The standard InChI is InChI=1S/C26H38N8O5S/c1-6-16(2)22(29-25(38)39-26(3,4)5)24(37)28-14-21(35)34-15-18(40-17-10-8-7-9-11-17)12-19(34)23(36)27-13-20-30-32-33-31-20/h7-11,16,18-19,22H,6,12-15H2,1-5H3,(H,27,36)(H,28,37)(H,29,38)(H,30,31,32,33)/t16-,18-,19-,22-/m0/s1. The number of benzene rings is 1. The fourth-order valence-electron chi connectivity index (χ4n) is 4.15. The maximum atomic E-state index is 13.3. The fourth-order valence-corrected chi connectivity index (χ4v) is 5.36. The highest BCUT2D eigenvalue weighted by molar-refractivity contribution is 8.00. The van der Waals surface area contributed by atoms with Crippen LogP contribution < -0.4 is 16.0 Å². The second kappa shape index (κ2) is 14.1. The van der Waals surface area contributed by atoms with Gasteiger partial charge >= 0.3 is 6.09 Å². The van der Waals surface area contributed by atoms with Crippen molar-refractivity contribution in [2.75, 3.05) is 13.1 Å². The molecule has 13 nitrogen and oxygen atoms in total. The average Bonchev–Trinajstić information content (AvgIpc) is 3.58. The molecule has 4 atom stereocenters. The van der Waals surface area contributed by atoms with E-state index in [9.17, 15) is 19.2 Å². The molecule has 0 unspecified atom stereocenters. The lowest BCUT2D eigenvalue weighted by Crippen LogP contribution is -2.54. The van der Waals surface area contributed by atoms with Gasteiger partial charge in [-0.15, -0.1) is 22.0 Å². The van der Waals surface area contributed by atoms with Gasteiger partial charge in [0.2, 0.25) is 17.7 Å². The van der Waals surface area contributed by atoms with Crippen molar-refractivity contribution in [3.05, 3.63) is 36.2 Å². The van der Waals surface area contributed by atoms with Crippen LogP contribution in [0.2, 0.25) is 0 Å². The number of likely N-dealkylation sites (tertiary alicyclic amines) is 1. The molecule has 1 aliphatic rings. The van der Waals surface area contributed by atoms with Gasteiger partial charge in [-0.1, -0.05) is 43.7 Å². The van der Waals surface area contributed by atoms with E-state index in [1.54, 1.807) is 32.5 Å². The molecule has 1 aliphatic heterocycles. The van der Waals surface area contributed by atoms with Gasteiger partial charge in [0.25, 0.3) is 0 Å². The summed E-state index contributed by atoms with van der Waals surface area (Å²) in [6, 6.07) is 8.13. The number of nitrogens with one attached hydrogen (secondary N) is 4. The summed E-state index contributed by atoms with van der Waals surface area (Å²) in [6.45, 7) is 9.01. The lowest BCUT2D eigenvalue weighted by Gasteiger charge is -2.27. The number of carbonyl (C=O) groups is 4. The van der Waals surface area contributed by atoms with E-state index in [1.165, 1.54) is 4.90 Å². The van der Waals surface area contributed by atoms with Crippen LogP contribution >= 0.6 is 11.8 Å². The Morgan fingerprint density at radius 2 is 1.90 bits per heavy atom. The van der Waals surface area contributed by atoms with Crippen LogP contribution in [0.25, 0.3) is 0 Å². The Bertz CT molecular complexity index is 1140. The van der Waals surface area contributed by atoms with Gasteiger partial charge in [0.05, 0.1) is 13.1 Å². The van der Waals surface area contributed by atoms with E-state index in [1.807, 2.05) is 44.2 Å². The Balaban J connectivity index is 1.66.